The summed E-state index contributed by atoms with van der Waals surface area (Å²) in [6, 6.07) is 4.76. The average molecular weight is 277 g/mol. The SMILES string of the molecule is COc1cc(N)ccc1S(=O)CCS(C)(=O)=O. The van der Waals surface area contributed by atoms with Crippen molar-refractivity contribution in [3.63, 3.8) is 0 Å². The Labute approximate surface area is 103 Å². The Balaban J connectivity index is 2.89. The summed E-state index contributed by atoms with van der Waals surface area (Å²) in [4.78, 5) is 0.463. The number of ether oxygens (including phenoxy) is 1. The van der Waals surface area contributed by atoms with Gasteiger partial charge >= 0.3 is 0 Å². The van der Waals surface area contributed by atoms with Crippen molar-refractivity contribution in [3.8, 4) is 5.75 Å². The Kier molecular flexibility index (Phi) is 4.53. The quantitative estimate of drug-likeness (QED) is 0.789. The second-order valence-corrected chi connectivity index (χ2v) is 7.39. The van der Waals surface area contributed by atoms with Crippen LogP contribution in [-0.2, 0) is 20.6 Å². The molecule has 0 saturated heterocycles. The summed E-state index contributed by atoms with van der Waals surface area (Å²) in [6.45, 7) is 0. The molecule has 0 radical (unpaired) electrons. The maximum Gasteiger partial charge on any atom is 0.148 e. The summed E-state index contributed by atoms with van der Waals surface area (Å²) in [5.74, 6) is 0.350. The molecule has 5 nitrogen and oxygen atoms in total. The van der Waals surface area contributed by atoms with Crippen molar-refractivity contribution in [2.24, 2.45) is 0 Å². The molecule has 0 fully saturated rings. The van der Waals surface area contributed by atoms with Crippen LogP contribution in [0.2, 0.25) is 0 Å². The largest absolute Gasteiger partial charge is 0.495 e. The third-order valence-corrected chi connectivity index (χ3v) is 4.68. The van der Waals surface area contributed by atoms with Gasteiger partial charge in [-0.2, -0.15) is 0 Å². The molecular weight excluding hydrogens is 262 g/mol. The molecule has 0 saturated carbocycles. The van der Waals surface area contributed by atoms with Gasteiger partial charge in [0.2, 0.25) is 0 Å². The molecular formula is C10H15NO4S2. The van der Waals surface area contributed by atoms with Crippen molar-refractivity contribution >= 4 is 26.3 Å². The van der Waals surface area contributed by atoms with E-state index in [1.807, 2.05) is 0 Å². The molecule has 1 aromatic rings. The normalized spacial score (nSPS) is 13.3. The average Bonchev–Trinajstić information content (AvgIpc) is 2.24. The lowest BCUT2D eigenvalue weighted by Gasteiger charge is -2.08. The fourth-order valence-electron chi connectivity index (χ4n) is 1.21. The van der Waals surface area contributed by atoms with Gasteiger partial charge in [-0.05, 0) is 12.1 Å². The van der Waals surface area contributed by atoms with E-state index in [-0.39, 0.29) is 11.5 Å². The van der Waals surface area contributed by atoms with Crippen LogP contribution in [-0.4, -0.2) is 37.5 Å². The van der Waals surface area contributed by atoms with E-state index in [9.17, 15) is 12.6 Å². The third kappa shape index (κ3) is 4.35. The van der Waals surface area contributed by atoms with Crippen LogP contribution in [0.3, 0.4) is 0 Å². The van der Waals surface area contributed by atoms with Crippen LogP contribution >= 0.6 is 0 Å². The topological polar surface area (TPSA) is 86.5 Å². The van der Waals surface area contributed by atoms with E-state index >= 15 is 0 Å². The van der Waals surface area contributed by atoms with E-state index in [2.05, 4.69) is 0 Å². The summed E-state index contributed by atoms with van der Waals surface area (Å²) in [7, 11) is -3.07. The number of nitrogen functional groups attached to an aromatic ring is 1. The van der Waals surface area contributed by atoms with Gasteiger partial charge in [0, 0.05) is 23.8 Å². The number of rotatable bonds is 5. The summed E-state index contributed by atoms with van der Waals surface area (Å²) < 4.78 is 38.9. The Morgan fingerprint density at radius 1 is 1.41 bits per heavy atom. The number of hydrogen-bond acceptors (Lipinski definition) is 5. The van der Waals surface area contributed by atoms with Crippen LogP contribution in [0.15, 0.2) is 23.1 Å². The molecule has 7 heteroatoms. The number of methoxy groups -OCH3 is 1. The van der Waals surface area contributed by atoms with E-state index < -0.39 is 20.6 Å². The van der Waals surface area contributed by atoms with Crippen LogP contribution in [0.25, 0.3) is 0 Å². The first-order valence-corrected chi connectivity index (χ1v) is 8.21. The number of sulfone groups is 1. The van der Waals surface area contributed by atoms with Gasteiger partial charge in [0.15, 0.2) is 0 Å². The fourth-order valence-corrected chi connectivity index (χ4v) is 3.83. The van der Waals surface area contributed by atoms with Gasteiger partial charge in [-0.25, -0.2) is 8.42 Å². The summed E-state index contributed by atoms with van der Waals surface area (Å²) in [5.41, 5.74) is 6.08. The molecule has 0 aliphatic heterocycles. The Morgan fingerprint density at radius 2 is 2.06 bits per heavy atom. The maximum atomic E-state index is 11.9. The first kappa shape index (κ1) is 14.0. The third-order valence-electron chi connectivity index (χ3n) is 2.07. The summed E-state index contributed by atoms with van der Waals surface area (Å²) in [6.07, 6.45) is 1.12. The van der Waals surface area contributed by atoms with Crippen LogP contribution in [0.5, 0.6) is 5.75 Å². The molecule has 0 aromatic heterocycles. The molecule has 0 aliphatic carbocycles. The lowest BCUT2D eigenvalue weighted by atomic mass is 10.3. The van der Waals surface area contributed by atoms with Gasteiger partial charge < -0.3 is 10.5 Å². The lowest BCUT2D eigenvalue weighted by Crippen LogP contribution is -2.12. The van der Waals surface area contributed by atoms with E-state index in [0.29, 0.717) is 16.3 Å². The zero-order valence-electron chi connectivity index (χ0n) is 9.67. The molecule has 96 valence electrons. The molecule has 17 heavy (non-hydrogen) atoms. The Bertz CT molecular complexity index is 525. The van der Waals surface area contributed by atoms with Gasteiger partial charge in [-0.1, -0.05) is 0 Å². The molecule has 2 N–H and O–H groups in total. The Morgan fingerprint density at radius 3 is 2.59 bits per heavy atom. The van der Waals surface area contributed by atoms with E-state index in [1.54, 1.807) is 18.2 Å². The van der Waals surface area contributed by atoms with E-state index in [1.165, 1.54) is 7.11 Å². The maximum absolute atomic E-state index is 11.9. The van der Waals surface area contributed by atoms with E-state index in [4.69, 9.17) is 10.5 Å². The van der Waals surface area contributed by atoms with Gasteiger partial charge in [-0.3, -0.25) is 4.21 Å². The van der Waals surface area contributed by atoms with Gasteiger partial charge in [0.05, 0.1) is 28.6 Å². The van der Waals surface area contributed by atoms with Crippen LogP contribution in [0.4, 0.5) is 5.69 Å². The monoisotopic (exact) mass is 277 g/mol. The van der Waals surface area contributed by atoms with Gasteiger partial charge in [-0.15, -0.1) is 0 Å². The molecule has 1 aromatic carbocycles. The smallest absolute Gasteiger partial charge is 0.148 e. The van der Waals surface area contributed by atoms with Crippen LogP contribution in [0, 0.1) is 0 Å². The minimum atomic E-state index is -3.11. The fraction of sp³-hybridized carbons (Fsp3) is 0.400. The molecule has 1 unspecified atom stereocenters. The van der Waals surface area contributed by atoms with Gasteiger partial charge in [0.1, 0.15) is 15.6 Å². The second kappa shape index (κ2) is 5.50. The number of benzene rings is 1. The van der Waals surface area contributed by atoms with E-state index in [0.717, 1.165) is 6.26 Å². The number of anilines is 1. The first-order chi connectivity index (χ1) is 7.83. The zero-order chi connectivity index (χ0) is 13.1. The minimum Gasteiger partial charge on any atom is -0.495 e. The van der Waals surface area contributed by atoms with Gasteiger partial charge in [0.25, 0.3) is 0 Å². The van der Waals surface area contributed by atoms with Crippen LogP contribution < -0.4 is 10.5 Å². The minimum absolute atomic E-state index is 0.0547. The predicted octanol–water partition coefficient (Wildman–Crippen LogP) is 0.430. The Hall–Kier alpha value is -1.08. The van der Waals surface area contributed by atoms with Crippen molar-refractivity contribution in [1.29, 1.82) is 0 Å². The number of nitrogens with two attached hydrogens (primary N) is 1. The zero-order valence-corrected chi connectivity index (χ0v) is 11.3. The highest BCUT2D eigenvalue weighted by molar-refractivity contribution is 7.92. The highest BCUT2D eigenvalue weighted by Crippen LogP contribution is 2.24. The van der Waals surface area contributed by atoms with Crippen molar-refractivity contribution in [3.05, 3.63) is 18.2 Å². The predicted molar refractivity (Wildman–Crippen MR) is 68.4 cm³/mol. The van der Waals surface area contributed by atoms with Crippen molar-refractivity contribution in [2.45, 2.75) is 4.90 Å². The summed E-state index contributed by atoms with van der Waals surface area (Å²) >= 11 is 0. The van der Waals surface area contributed by atoms with Crippen LogP contribution in [0.1, 0.15) is 0 Å². The molecule has 0 spiro atoms. The highest BCUT2D eigenvalue weighted by Gasteiger charge is 2.13. The number of hydrogen-bond donors (Lipinski definition) is 1. The first-order valence-electron chi connectivity index (χ1n) is 4.83. The molecule has 0 aliphatic rings. The highest BCUT2D eigenvalue weighted by atomic mass is 32.2. The second-order valence-electron chi connectivity index (χ2n) is 3.59. The molecule has 0 amide bonds. The van der Waals surface area contributed by atoms with Crippen molar-refractivity contribution in [2.75, 3.05) is 30.6 Å². The molecule has 1 rings (SSSR count). The standard InChI is InChI=1S/C10H15NO4S2/c1-15-9-7-8(11)3-4-10(9)16(12)5-6-17(2,13)14/h3-4,7H,5-6,11H2,1-2H3. The summed E-state index contributed by atoms with van der Waals surface area (Å²) in [5, 5.41) is 0. The molecule has 1 atom stereocenters. The molecule has 0 bridgehead atoms. The lowest BCUT2D eigenvalue weighted by molar-refractivity contribution is 0.404. The van der Waals surface area contributed by atoms with Crippen molar-refractivity contribution in [1.82, 2.24) is 0 Å². The molecule has 0 heterocycles. The van der Waals surface area contributed by atoms with Crippen molar-refractivity contribution < 1.29 is 17.4 Å².